The summed E-state index contributed by atoms with van der Waals surface area (Å²) in [5.74, 6) is 2.10. The van der Waals surface area contributed by atoms with E-state index in [4.69, 9.17) is 9.73 Å². The van der Waals surface area contributed by atoms with E-state index in [2.05, 4.69) is 45.4 Å². The fourth-order valence-electron chi connectivity index (χ4n) is 5.24. The molecule has 3 aliphatic rings. The molecule has 0 radical (unpaired) electrons. The van der Waals surface area contributed by atoms with E-state index < -0.39 is 0 Å². The van der Waals surface area contributed by atoms with Crippen LogP contribution in [0.25, 0.3) is 0 Å². The van der Waals surface area contributed by atoms with Crippen molar-refractivity contribution in [2.45, 2.75) is 38.3 Å². The number of guanidine groups is 1. The van der Waals surface area contributed by atoms with Crippen LogP contribution >= 0.6 is 0 Å². The van der Waals surface area contributed by atoms with Gasteiger partial charge in [-0.25, -0.2) is 4.99 Å². The molecule has 1 aromatic carbocycles. The summed E-state index contributed by atoms with van der Waals surface area (Å²) in [5, 5.41) is 3.58. The maximum atomic E-state index is 12.2. The first-order chi connectivity index (χ1) is 15.6. The SMILES string of the molecule is CN(C)C(=O)CN=C(NCC1CCOC1)N1CCC2C(CCCN2Cc2ccccc2)C1. The topological polar surface area (TPSA) is 60.4 Å². The van der Waals surface area contributed by atoms with Crippen molar-refractivity contribution in [3.63, 3.8) is 0 Å². The maximum Gasteiger partial charge on any atom is 0.243 e. The summed E-state index contributed by atoms with van der Waals surface area (Å²) in [6, 6.07) is 11.5. The molecule has 7 nitrogen and oxygen atoms in total. The summed E-state index contributed by atoms with van der Waals surface area (Å²) in [5.41, 5.74) is 1.40. The van der Waals surface area contributed by atoms with Crippen LogP contribution < -0.4 is 5.32 Å². The molecule has 0 bridgehead atoms. The molecule has 3 heterocycles. The first-order valence-corrected chi connectivity index (χ1v) is 12.2. The fraction of sp³-hybridized carbons (Fsp3) is 0.680. The highest BCUT2D eigenvalue weighted by Crippen LogP contribution is 2.31. The molecule has 0 aromatic heterocycles. The Morgan fingerprint density at radius 1 is 1.19 bits per heavy atom. The Morgan fingerprint density at radius 3 is 2.78 bits per heavy atom. The highest BCUT2D eigenvalue weighted by molar-refractivity contribution is 5.85. The number of likely N-dealkylation sites (N-methyl/N-ethyl adjacent to an activating group) is 1. The summed E-state index contributed by atoms with van der Waals surface area (Å²) in [6.45, 7) is 6.95. The monoisotopic (exact) mass is 441 g/mol. The molecule has 3 saturated heterocycles. The fourth-order valence-corrected chi connectivity index (χ4v) is 5.24. The quantitative estimate of drug-likeness (QED) is 0.541. The first-order valence-electron chi connectivity index (χ1n) is 12.2. The third-order valence-electron chi connectivity index (χ3n) is 7.15. The number of piperidine rings is 2. The van der Waals surface area contributed by atoms with Gasteiger partial charge in [0.2, 0.25) is 5.91 Å². The summed E-state index contributed by atoms with van der Waals surface area (Å²) in [7, 11) is 3.57. The smallest absolute Gasteiger partial charge is 0.243 e. The van der Waals surface area contributed by atoms with Crippen molar-refractivity contribution >= 4 is 11.9 Å². The van der Waals surface area contributed by atoms with Gasteiger partial charge in [-0.3, -0.25) is 9.69 Å². The number of fused-ring (bicyclic) bond motifs is 1. The predicted molar refractivity (Wildman–Crippen MR) is 127 cm³/mol. The van der Waals surface area contributed by atoms with Crippen molar-refractivity contribution in [2.24, 2.45) is 16.8 Å². The van der Waals surface area contributed by atoms with E-state index in [1.165, 1.54) is 24.9 Å². The number of carbonyl (C=O) groups is 1. The molecule has 3 unspecified atom stereocenters. The van der Waals surface area contributed by atoms with E-state index in [0.717, 1.165) is 58.2 Å². The van der Waals surface area contributed by atoms with Crippen LogP contribution in [-0.2, 0) is 16.1 Å². The third kappa shape index (κ3) is 6.01. The number of rotatable bonds is 6. The second-order valence-corrected chi connectivity index (χ2v) is 9.70. The van der Waals surface area contributed by atoms with Gasteiger partial charge in [-0.15, -0.1) is 0 Å². The maximum absolute atomic E-state index is 12.2. The minimum atomic E-state index is 0.0371. The first kappa shape index (κ1) is 23.1. The summed E-state index contributed by atoms with van der Waals surface area (Å²) < 4.78 is 5.54. The normalized spacial score (nSPS) is 26.6. The van der Waals surface area contributed by atoms with E-state index in [0.29, 0.717) is 17.9 Å². The Labute approximate surface area is 192 Å². The lowest BCUT2D eigenvalue weighted by Gasteiger charge is -2.48. The summed E-state index contributed by atoms with van der Waals surface area (Å²) in [6.07, 6.45) is 4.76. The van der Waals surface area contributed by atoms with Crippen LogP contribution in [0.15, 0.2) is 35.3 Å². The standard InChI is InChI=1S/C25H39N5O2/c1-28(2)24(31)16-27-25(26-15-21-11-14-32-19-21)30-13-10-23-22(18-30)9-6-12-29(23)17-20-7-4-3-5-8-20/h3-5,7-8,21-23H,6,9-19H2,1-2H3,(H,26,27). The number of amides is 1. The van der Waals surface area contributed by atoms with E-state index in [-0.39, 0.29) is 12.5 Å². The number of hydrogen-bond acceptors (Lipinski definition) is 4. The Hall–Kier alpha value is -2.12. The number of aliphatic imine (C=N–C) groups is 1. The Bertz CT molecular complexity index is 763. The van der Waals surface area contributed by atoms with E-state index in [9.17, 15) is 4.79 Å². The van der Waals surface area contributed by atoms with Crippen molar-refractivity contribution in [3.05, 3.63) is 35.9 Å². The molecule has 0 saturated carbocycles. The number of benzene rings is 1. The lowest BCUT2D eigenvalue weighted by atomic mass is 9.83. The molecule has 32 heavy (non-hydrogen) atoms. The van der Waals surface area contributed by atoms with Crippen LogP contribution in [0, 0.1) is 11.8 Å². The number of nitrogens with one attached hydrogen (secondary N) is 1. The minimum Gasteiger partial charge on any atom is -0.381 e. The Kier molecular flexibility index (Phi) is 8.03. The van der Waals surface area contributed by atoms with Gasteiger partial charge in [-0.05, 0) is 43.7 Å². The molecule has 3 fully saturated rings. The molecule has 1 amide bonds. The molecule has 0 spiro atoms. The molecular formula is C25H39N5O2. The molecule has 7 heteroatoms. The third-order valence-corrected chi connectivity index (χ3v) is 7.15. The van der Waals surface area contributed by atoms with E-state index in [1.807, 2.05) is 0 Å². The zero-order valence-electron chi connectivity index (χ0n) is 19.7. The van der Waals surface area contributed by atoms with Gasteiger partial charge in [0.1, 0.15) is 6.54 Å². The second-order valence-electron chi connectivity index (χ2n) is 9.70. The number of ether oxygens (including phenoxy) is 1. The van der Waals surface area contributed by atoms with Crippen molar-refractivity contribution in [1.29, 1.82) is 0 Å². The molecule has 3 atom stereocenters. The Balaban J connectivity index is 1.40. The van der Waals surface area contributed by atoms with Crippen LogP contribution in [0.1, 0.15) is 31.2 Å². The number of hydrogen-bond donors (Lipinski definition) is 1. The molecule has 176 valence electrons. The van der Waals surface area contributed by atoms with Crippen LogP contribution in [0.2, 0.25) is 0 Å². The van der Waals surface area contributed by atoms with Crippen LogP contribution in [-0.4, -0.2) is 92.6 Å². The van der Waals surface area contributed by atoms with Crippen molar-refractivity contribution < 1.29 is 9.53 Å². The number of nitrogens with zero attached hydrogens (tertiary/aromatic N) is 4. The molecule has 1 aromatic rings. The molecule has 1 N–H and O–H groups in total. The van der Waals surface area contributed by atoms with E-state index in [1.54, 1.807) is 19.0 Å². The summed E-state index contributed by atoms with van der Waals surface area (Å²) >= 11 is 0. The lowest BCUT2D eigenvalue weighted by Crippen LogP contribution is -2.57. The zero-order chi connectivity index (χ0) is 22.3. The number of likely N-dealkylation sites (tertiary alicyclic amines) is 2. The molecule has 3 aliphatic heterocycles. The van der Waals surface area contributed by atoms with Gasteiger partial charge >= 0.3 is 0 Å². The van der Waals surface area contributed by atoms with Crippen molar-refractivity contribution in [3.8, 4) is 0 Å². The summed E-state index contributed by atoms with van der Waals surface area (Å²) in [4.78, 5) is 23.6. The average Bonchev–Trinajstić information content (AvgIpc) is 3.33. The van der Waals surface area contributed by atoms with Gasteiger partial charge in [-0.1, -0.05) is 30.3 Å². The molecule has 4 rings (SSSR count). The lowest BCUT2D eigenvalue weighted by molar-refractivity contribution is -0.127. The average molecular weight is 442 g/mol. The van der Waals surface area contributed by atoms with Gasteiger partial charge in [-0.2, -0.15) is 0 Å². The molecule has 0 aliphatic carbocycles. The van der Waals surface area contributed by atoms with Gasteiger partial charge in [0.15, 0.2) is 5.96 Å². The highest BCUT2D eigenvalue weighted by Gasteiger charge is 2.37. The van der Waals surface area contributed by atoms with Gasteiger partial charge < -0.3 is 19.9 Å². The van der Waals surface area contributed by atoms with Crippen LogP contribution in [0.3, 0.4) is 0 Å². The van der Waals surface area contributed by atoms with Gasteiger partial charge in [0.25, 0.3) is 0 Å². The van der Waals surface area contributed by atoms with Gasteiger partial charge in [0.05, 0.1) is 6.61 Å². The van der Waals surface area contributed by atoms with Crippen LogP contribution in [0.5, 0.6) is 0 Å². The van der Waals surface area contributed by atoms with Crippen molar-refractivity contribution in [1.82, 2.24) is 20.0 Å². The zero-order valence-corrected chi connectivity index (χ0v) is 19.7. The highest BCUT2D eigenvalue weighted by atomic mass is 16.5. The second kappa shape index (κ2) is 11.1. The van der Waals surface area contributed by atoms with Gasteiger partial charge in [0, 0.05) is 58.8 Å². The largest absolute Gasteiger partial charge is 0.381 e. The van der Waals surface area contributed by atoms with Crippen LogP contribution in [0.4, 0.5) is 0 Å². The van der Waals surface area contributed by atoms with E-state index >= 15 is 0 Å². The Morgan fingerprint density at radius 2 is 2.03 bits per heavy atom. The molecular weight excluding hydrogens is 402 g/mol. The number of carbonyl (C=O) groups excluding carboxylic acids is 1. The van der Waals surface area contributed by atoms with Crippen molar-refractivity contribution in [2.75, 3.05) is 60.0 Å². The predicted octanol–water partition coefficient (Wildman–Crippen LogP) is 2.04. The minimum absolute atomic E-state index is 0.0371.